The average molecular weight is 360 g/mol. The van der Waals surface area contributed by atoms with Crippen LogP contribution in [0.1, 0.15) is 27.3 Å². The van der Waals surface area contributed by atoms with Crippen molar-refractivity contribution >= 4 is 17.6 Å². The topological polar surface area (TPSA) is 119 Å². The number of nitrogens with two attached hydrogens (primary N) is 1. The van der Waals surface area contributed by atoms with Crippen LogP contribution in [0.4, 0.5) is 5.95 Å². The van der Waals surface area contributed by atoms with Gasteiger partial charge in [-0.15, -0.1) is 0 Å². The second-order valence-corrected chi connectivity index (χ2v) is 6.14. The number of aromatic nitrogens is 5. The molecule has 3 heterocycles. The Kier molecular flexibility index (Phi) is 4.00. The second-order valence-electron chi connectivity index (χ2n) is 6.14. The standard InChI is InChI=1S/C19H16N6O2/c1-11-17(15-5-6-21-19(20)23-15)24-16-9-22-14(10-25(11)16)8-12-3-2-4-13(7-12)18(26)27/h2-7,9-10H,8H2,1H3,(H,26,27)(H2,20,21,23). The first-order valence-electron chi connectivity index (χ1n) is 8.26. The zero-order valence-corrected chi connectivity index (χ0v) is 14.5. The molecule has 1 aromatic carbocycles. The number of hydrogen-bond acceptors (Lipinski definition) is 6. The maximum atomic E-state index is 11.1. The lowest BCUT2D eigenvalue weighted by Crippen LogP contribution is -2.00. The summed E-state index contributed by atoms with van der Waals surface area (Å²) in [5.41, 5.74) is 10.6. The summed E-state index contributed by atoms with van der Waals surface area (Å²) in [4.78, 5) is 28.3. The molecule has 8 heteroatoms. The van der Waals surface area contributed by atoms with E-state index in [0.29, 0.717) is 17.8 Å². The molecule has 0 fully saturated rings. The van der Waals surface area contributed by atoms with Gasteiger partial charge in [0, 0.05) is 24.5 Å². The number of aryl methyl sites for hydroxylation is 1. The molecule has 0 atom stereocenters. The smallest absolute Gasteiger partial charge is 0.335 e. The Labute approximate surface area is 154 Å². The number of rotatable bonds is 4. The SMILES string of the molecule is Cc1c(-c2ccnc(N)n2)nc2cnc(Cc3cccc(C(=O)O)c3)cn12. The number of imidazole rings is 1. The number of aromatic carboxylic acids is 1. The van der Waals surface area contributed by atoms with Crippen molar-refractivity contribution in [2.24, 2.45) is 0 Å². The largest absolute Gasteiger partial charge is 0.478 e. The summed E-state index contributed by atoms with van der Waals surface area (Å²) >= 11 is 0. The Morgan fingerprint density at radius 3 is 2.85 bits per heavy atom. The van der Waals surface area contributed by atoms with Crippen molar-refractivity contribution < 1.29 is 9.90 Å². The quantitative estimate of drug-likeness (QED) is 0.573. The van der Waals surface area contributed by atoms with Crippen LogP contribution in [0, 0.1) is 6.92 Å². The van der Waals surface area contributed by atoms with Gasteiger partial charge in [-0.05, 0) is 30.7 Å². The number of carboxylic acids is 1. The summed E-state index contributed by atoms with van der Waals surface area (Å²) in [5, 5.41) is 9.14. The minimum atomic E-state index is -0.945. The van der Waals surface area contributed by atoms with Crippen LogP contribution < -0.4 is 5.73 Å². The Bertz CT molecular complexity index is 1170. The van der Waals surface area contributed by atoms with E-state index < -0.39 is 5.97 Å². The molecule has 0 radical (unpaired) electrons. The lowest BCUT2D eigenvalue weighted by Gasteiger charge is -2.04. The monoisotopic (exact) mass is 360 g/mol. The lowest BCUT2D eigenvalue weighted by molar-refractivity contribution is 0.0696. The molecule has 3 N–H and O–H groups in total. The summed E-state index contributed by atoms with van der Waals surface area (Å²) in [6, 6.07) is 8.61. The number of benzene rings is 1. The fourth-order valence-corrected chi connectivity index (χ4v) is 2.98. The molecule has 0 unspecified atom stereocenters. The molecule has 0 aliphatic heterocycles. The molecule has 0 aliphatic rings. The number of nitrogen functional groups attached to an aromatic ring is 1. The highest BCUT2D eigenvalue weighted by Gasteiger charge is 2.13. The molecular formula is C19H16N6O2. The van der Waals surface area contributed by atoms with E-state index in [2.05, 4.69) is 19.9 Å². The van der Waals surface area contributed by atoms with E-state index in [9.17, 15) is 4.79 Å². The zero-order chi connectivity index (χ0) is 19.0. The lowest BCUT2D eigenvalue weighted by atomic mass is 10.1. The number of carboxylic acid groups (broad SMARTS) is 1. The van der Waals surface area contributed by atoms with Gasteiger partial charge in [0.25, 0.3) is 0 Å². The van der Waals surface area contributed by atoms with Gasteiger partial charge in [0.1, 0.15) is 5.69 Å². The van der Waals surface area contributed by atoms with Crippen molar-refractivity contribution in [2.45, 2.75) is 13.3 Å². The predicted molar refractivity (Wildman–Crippen MR) is 99.4 cm³/mol. The molecule has 134 valence electrons. The van der Waals surface area contributed by atoms with Crippen molar-refractivity contribution in [1.29, 1.82) is 0 Å². The highest BCUT2D eigenvalue weighted by molar-refractivity contribution is 5.87. The van der Waals surface area contributed by atoms with Crippen molar-refractivity contribution in [2.75, 3.05) is 5.73 Å². The van der Waals surface area contributed by atoms with E-state index in [1.165, 1.54) is 0 Å². The zero-order valence-electron chi connectivity index (χ0n) is 14.5. The number of fused-ring (bicyclic) bond motifs is 1. The third kappa shape index (κ3) is 3.20. The number of hydrogen-bond donors (Lipinski definition) is 2. The van der Waals surface area contributed by atoms with Gasteiger partial charge in [-0.25, -0.2) is 19.7 Å². The molecule has 8 nitrogen and oxygen atoms in total. The summed E-state index contributed by atoms with van der Waals surface area (Å²) in [6.45, 7) is 1.95. The van der Waals surface area contributed by atoms with Crippen LogP contribution in [0.2, 0.25) is 0 Å². The van der Waals surface area contributed by atoms with Crippen LogP contribution in [0.15, 0.2) is 48.9 Å². The van der Waals surface area contributed by atoms with Gasteiger partial charge >= 0.3 is 5.97 Å². The van der Waals surface area contributed by atoms with E-state index in [0.717, 1.165) is 22.6 Å². The summed E-state index contributed by atoms with van der Waals surface area (Å²) < 4.78 is 1.94. The summed E-state index contributed by atoms with van der Waals surface area (Å²) in [5.74, 6) is -0.749. The van der Waals surface area contributed by atoms with Crippen LogP contribution in [-0.2, 0) is 6.42 Å². The maximum Gasteiger partial charge on any atom is 0.335 e. The molecule has 0 saturated carbocycles. The Balaban J connectivity index is 1.71. The normalized spacial score (nSPS) is 11.0. The first-order valence-corrected chi connectivity index (χ1v) is 8.26. The highest BCUT2D eigenvalue weighted by Crippen LogP contribution is 2.22. The van der Waals surface area contributed by atoms with Crippen molar-refractivity contribution in [1.82, 2.24) is 24.3 Å². The molecule has 0 aliphatic carbocycles. The molecule has 4 aromatic rings. The highest BCUT2D eigenvalue weighted by atomic mass is 16.4. The molecule has 4 rings (SSSR count). The van der Waals surface area contributed by atoms with E-state index in [-0.39, 0.29) is 11.5 Å². The molecular weight excluding hydrogens is 344 g/mol. The molecule has 3 aromatic heterocycles. The molecule has 0 spiro atoms. The van der Waals surface area contributed by atoms with Crippen molar-refractivity contribution in [3.63, 3.8) is 0 Å². The first-order chi connectivity index (χ1) is 13.0. The number of anilines is 1. The van der Waals surface area contributed by atoms with Gasteiger partial charge in [0.15, 0.2) is 5.65 Å². The van der Waals surface area contributed by atoms with Crippen LogP contribution in [-0.4, -0.2) is 35.4 Å². The Hall–Kier alpha value is -3.81. The van der Waals surface area contributed by atoms with Crippen LogP contribution in [0.25, 0.3) is 17.0 Å². The molecule has 0 amide bonds. The van der Waals surface area contributed by atoms with Gasteiger partial charge in [-0.1, -0.05) is 12.1 Å². The predicted octanol–water partition coefficient (Wildman–Crippen LogP) is 2.37. The minimum Gasteiger partial charge on any atom is -0.478 e. The number of carbonyl (C=O) groups is 1. The first kappa shape index (κ1) is 16.6. The molecule has 0 bridgehead atoms. The van der Waals surface area contributed by atoms with E-state index >= 15 is 0 Å². The van der Waals surface area contributed by atoms with Crippen molar-refractivity contribution in [3.8, 4) is 11.4 Å². The third-order valence-corrected chi connectivity index (χ3v) is 4.28. The molecule has 0 saturated heterocycles. The fraction of sp³-hybridized carbons (Fsp3) is 0.105. The van der Waals surface area contributed by atoms with Gasteiger partial charge in [-0.2, -0.15) is 0 Å². The van der Waals surface area contributed by atoms with Crippen LogP contribution in [0.3, 0.4) is 0 Å². The van der Waals surface area contributed by atoms with Crippen molar-refractivity contribution in [3.05, 3.63) is 71.4 Å². The fourth-order valence-electron chi connectivity index (χ4n) is 2.98. The number of nitrogens with zero attached hydrogens (tertiary/aromatic N) is 5. The van der Waals surface area contributed by atoms with Crippen LogP contribution >= 0.6 is 0 Å². The Morgan fingerprint density at radius 1 is 1.22 bits per heavy atom. The van der Waals surface area contributed by atoms with E-state index in [1.54, 1.807) is 36.7 Å². The van der Waals surface area contributed by atoms with Gasteiger partial charge in [0.05, 0.1) is 23.1 Å². The second kappa shape index (κ2) is 6.49. The van der Waals surface area contributed by atoms with Crippen LogP contribution in [0.5, 0.6) is 0 Å². The minimum absolute atomic E-state index is 0.195. The third-order valence-electron chi connectivity index (χ3n) is 4.28. The average Bonchev–Trinajstić information content (AvgIpc) is 2.98. The van der Waals surface area contributed by atoms with Gasteiger partial charge in [-0.3, -0.25) is 4.98 Å². The summed E-state index contributed by atoms with van der Waals surface area (Å²) in [7, 11) is 0. The molecule has 27 heavy (non-hydrogen) atoms. The van der Waals surface area contributed by atoms with Gasteiger partial charge in [0.2, 0.25) is 5.95 Å². The van der Waals surface area contributed by atoms with Gasteiger partial charge < -0.3 is 15.2 Å². The van der Waals surface area contributed by atoms with E-state index in [4.69, 9.17) is 10.8 Å². The summed E-state index contributed by atoms with van der Waals surface area (Å²) in [6.07, 6.45) is 5.71. The van der Waals surface area contributed by atoms with E-state index in [1.807, 2.05) is 23.6 Å². The Morgan fingerprint density at radius 2 is 2.07 bits per heavy atom. The maximum absolute atomic E-state index is 11.1.